The van der Waals surface area contributed by atoms with E-state index in [4.69, 9.17) is 0 Å². The van der Waals surface area contributed by atoms with E-state index in [0.29, 0.717) is 0 Å². The van der Waals surface area contributed by atoms with Crippen molar-refractivity contribution in [1.82, 2.24) is 4.90 Å². The van der Waals surface area contributed by atoms with E-state index in [1.54, 1.807) is 0 Å². The first kappa shape index (κ1) is 10.9. The predicted octanol–water partition coefficient (Wildman–Crippen LogP) is 2.11. The lowest BCUT2D eigenvalue weighted by Gasteiger charge is -2.29. The Morgan fingerprint density at radius 2 is 2.00 bits per heavy atom. The van der Waals surface area contributed by atoms with Crippen LogP contribution < -0.4 is 0 Å². The lowest BCUT2D eigenvalue weighted by molar-refractivity contribution is 0.0995. The molecule has 2 unspecified atom stereocenters. The van der Waals surface area contributed by atoms with Crippen LogP contribution in [0.2, 0.25) is 0 Å². The molecule has 0 aromatic heterocycles. The monoisotopic (exact) mass is 207 g/mol. The quantitative estimate of drug-likeness (QED) is 0.766. The molecule has 1 saturated heterocycles. The molecule has 1 N–H and O–H groups in total. The topological polar surface area (TPSA) is 23.5 Å². The van der Waals surface area contributed by atoms with Crippen LogP contribution in [0.3, 0.4) is 0 Å². The minimum Gasteiger partial charge on any atom is -0.387 e. The fraction of sp³-hybridized carbons (Fsp3) is 0.692. The molecule has 1 aliphatic heterocycles. The molecule has 1 aliphatic carbocycles. The summed E-state index contributed by atoms with van der Waals surface area (Å²) in [5.41, 5.74) is 1.11. The van der Waals surface area contributed by atoms with E-state index in [1.807, 2.05) is 0 Å². The van der Waals surface area contributed by atoms with Gasteiger partial charge in [-0.1, -0.05) is 18.2 Å². The molecule has 0 aromatic carbocycles. The van der Waals surface area contributed by atoms with Crippen molar-refractivity contribution in [3.63, 3.8) is 0 Å². The van der Waals surface area contributed by atoms with Gasteiger partial charge in [0.25, 0.3) is 0 Å². The van der Waals surface area contributed by atoms with Crippen LogP contribution >= 0.6 is 0 Å². The minimum absolute atomic E-state index is 0.265. The number of allylic oxidation sites excluding steroid dienone is 2. The number of aliphatic hydroxyl groups is 1. The molecule has 0 spiro atoms. The Morgan fingerprint density at radius 1 is 1.27 bits per heavy atom. The molecule has 84 valence electrons. The van der Waals surface area contributed by atoms with Gasteiger partial charge in [0, 0.05) is 6.04 Å². The first-order valence-corrected chi connectivity index (χ1v) is 6.08. The number of rotatable bonds is 3. The van der Waals surface area contributed by atoms with E-state index in [0.717, 1.165) is 31.5 Å². The van der Waals surface area contributed by atoms with E-state index in [9.17, 15) is 5.11 Å². The van der Waals surface area contributed by atoms with Crippen molar-refractivity contribution in [2.75, 3.05) is 13.1 Å². The Morgan fingerprint density at radius 3 is 2.60 bits per heavy atom. The van der Waals surface area contributed by atoms with Crippen LogP contribution in [0.4, 0.5) is 0 Å². The molecule has 2 atom stereocenters. The van der Waals surface area contributed by atoms with Crippen molar-refractivity contribution in [2.24, 2.45) is 0 Å². The lowest BCUT2D eigenvalue weighted by atomic mass is 9.97. The van der Waals surface area contributed by atoms with Gasteiger partial charge in [-0.15, -0.1) is 0 Å². The minimum atomic E-state index is -0.306. The Kier molecular flexibility index (Phi) is 3.60. The molecule has 15 heavy (non-hydrogen) atoms. The van der Waals surface area contributed by atoms with Crippen LogP contribution in [0.15, 0.2) is 23.8 Å². The summed E-state index contributed by atoms with van der Waals surface area (Å²) in [4.78, 5) is 2.40. The molecule has 0 saturated carbocycles. The summed E-state index contributed by atoms with van der Waals surface area (Å²) in [5.74, 6) is 0. The highest BCUT2D eigenvalue weighted by atomic mass is 16.3. The van der Waals surface area contributed by atoms with Crippen LogP contribution in [0, 0.1) is 0 Å². The second-order valence-electron chi connectivity index (χ2n) is 4.61. The number of likely N-dealkylation sites (tertiary alicyclic amines) is 1. The molecule has 1 heterocycles. The van der Waals surface area contributed by atoms with Crippen LogP contribution in [0.25, 0.3) is 0 Å². The SMILES string of the molecule is CC(C(O)C1=CCCC=C1)N1CCCC1. The van der Waals surface area contributed by atoms with Gasteiger partial charge >= 0.3 is 0 Å². The fourth-order valence-corrected chi connectivity index (χ4v) is 2.48. The van der Waals surface area contributed by atoms with E-state index >= 15 is 0 Å². The zero-order valence-corrected chi connectivity index (χ0v) is 9.52. The van der Waals surface area contributed by atoms with Gasteiger partial charge in [0.05, 0.1) is 6.10 Å². The molecular weight excluding hydrogens is 186 g/mol. The molecule has 2 nitrogen and oxygen atoms in total. The first-order chi connectivity index (χ1) is 7.29. The number of hydrogen-bond donors (Lipinski definition) is 1. The molecular formula is C13H21NO. The summed E-state index contributed by atoms with van der Waals surface area (Å²) in [7, 11) is 0. The van der Waals surface area contributed by atoms with Gasteiger partial charge in [-0.3, -0.25) is 4.90 Å². The second kappa shape index (κ2) is 4.95. The highest BCUT2D eigenvalue weighted by molar-refractivity contribution is 5.27. The highest BCUT2D eigenvalue weighted by Gasteiger charge is 2.25. The molecule has 2 aliphatic rings. The summed E-state index contributed by atoms with van der Waals surface area (Å²) in [6.07, 6.45) is 10.9. The standard InChI is InChI=1S/C13H21NO/c1-11(14-9-5-6-10-14)13(15)12-7-3-2-4-8-12/h3,7-8,11,13,15H,2,4-6,9-10H2,1H3. The smallest absolute Gasteiger partial charge is 0.0939 e. The summed E-state index contributed by atoms with van der Waals surface area (Å²) in [6.45, 7) is 4.43. The fourth-order valence-electron chi connectivity index (χ4n) is 2.48. The van der Waals surface area contributed by atoms with Gasteiger partial charge in [-0.25, -0.2) is 0 Å². The Hall–Kier alpha value is -0.600. The zero-order valence-electron chi connectivity index (χ0n) is 9.52. The van der Waals surface area contributed by atoms with Crippen LogP contribution in [0.1, 0.15) is 32.6 Å². The summed E-state index contributed by atoms with van der Waals surface area (Å²) >= 11 is 0. The highest BCUT2D eigenvalue weighted by Crippen LogP contribution is 2.21. The third-order valence-electron chi connectivity index (χ3n) is 3.54. The van der Waals surface area contributed by atoms with E-state index in [1.165, 1.54) is 12.8 Å². The van der Waals surface area contributed by atoms with Crippen LogP contribution in [0.5, 0.6) is 0 Å². The van der Waals surface area contributed by atoms with Crippen molar-refractivity contribution >= 4 is 0 Å². The van der Waals surface area contributed by atoms with Crippen LogP contribution in [-0.4, -0.2) is 35.2 Å². The summed E-state index contributed by atoms with van der Waals surface area (Å²) in [6, 6.07) is 0.265. The average molecular weight is 207 g/mol. The Labute approximate surface area is 92.3 Å². The molecule has 0 bridgehead atoms. The summed E-state index contributed by atoms with van der Waals surface area (Å²) < 4.78 is 0. The second-order valence-corrected chi connectivity index (χ2v) is 4.61. The van der Waals surface area contributed by atoms with Gasteiger partial charge in [-0.2, -0.15) is 0 Å². The molecule has 0 radical (unpaired) electrons. The molecule has 2 heteroatoms. The largest absolute Gasteiger partial charge is 0.387 e. The zero-order chi connectivity index (χ0) is 10.7. The van der Waals surface area contributed by atoms with Crippen molar-refractivity contribution in [3.05, 3.63) is 23.8 Å². The van der Waals surface area contributed by atoms with Gasteiger partial charge in [0.2, 0.25) is 0 Å². The van der Waals surface area contributed by atoms with E-state index in [2.05, 4.69) is 30.1 Å². The van der Waals surface area contributed by atoms with Gasteiger partial charge in [0.15, 0.2) is 0 Å². The third kappa shape index (κ3) is 2.50. The van der Waals surface area contributed by atoms with E-state index in [-0.39, 0.29) is 12.1 Å². The number of nitrogens with zero attached hydrogens (tertiary/aromatic N) is 1. The van der Waals surface area contributed by atoms with Crippen molar-refractivity contribution in [2.45, 2.75) is 44.8 Å². The van der Waals surface area contributed by atoms with Gasteiger partial charge in [0.1, 0.15) is 0 Å². The maximum Gasteiger partial charge on any atom is 0.0939 e. The van der Waals surface area contributed by atoms with Crippen molar-refractivity contribution < 1.29 is 5.11 Å². The van der Waals surface area contributed by atoms with Gasteiger partial charge < -0.3 is 5.11 Å². The van der Waals surface area contributed by atoms with Crippen molar-refractivity contribution in [1.29, 1.82) is 0 Å². The average Bonchev–Trinajstić information content (AvgIpc) is 2.82. The molecule has 0 amide bonds. The third-order valence-corrected chi connectivity index (χ3v) is 3.54. The lowest BCUT2D eigenvalue weighted by Crippen LogP contribution is -2.40. The maximum atomic E-state index is 10.2. The number of aliphatic hydroxyl groups excluding tert-OH is 1. The number of hydrogen-bond acceptors (Lipinski definition) is 2. The normalized spacial score (nSPS) is 26.4. The maximum absolute atomic E-state index is 10.2. The molecule has 2 rings (SSSR count). The molecule has 0 aromatic rings. The first-order valence-electron chi connectivity index (χ1n) is 6.08. The van der Waals surface area contributed by atoms with Crippen molar-refractivity contribution in [3.8, 4) is 0 Å². The van der Waals surface area contributed by atoms with Crippen LogP contribution in [-0.2, 0) is 0 Å². The predicted molar refractivity (Wildman–Crippen MR) is 62.7 cm³/mol. The molecule has 1 fully saturated rings. The van der Waals surface area contributed by atoms with Gasteiger partial charge in [-0.05, 0) is 51.3 Å². The Bertz CT molecular complexity index is 264. The van der Waals surface area contributed by atoms with E-state index < -0.39 is 0 Å². The summed E-state index contributed by atoms with van der Waals surface area (Å²) in [5, 5.41) is 10.2. The Balaban J connectivity index is 1.96.